The predicted molar refractivity (Wildman–Crippen MR) is 130 cm³/mol. The summed E-state index contributed by atoms with van der Waals surface area (Å²) in [6.45, 7) is 3.86. The number of furan rings is 1. The Morgan fingerprint density at radius 3 is 2.74 bits per heavy atom. The number of methoxy groups -OCH3 is 1. The number of carbonyl (C=O) groups is 2. The molecule has 2 aromatic rings. The maximum absolute atomic E-state index is 12.9. The number of hydrogen-bond acceptors (Lipinski definition) is 8. The van der Waals surface area contributed by atoms with Crippen LogP contribution in [0.15, 0.2) is 62.9 Å². The van der Waals surface area contributed by atoms with E-state index >= 15 is 0 Å². The molecule has 2 N–H and O–H groups in total. The molecule has 178 valence electrons. The fourth-order valence-corrected chi connectivity index (χ4v) is 4.47. The van der Waals surface area contributed by atoms with Crippen molar-refractivity contribution in [3.8, 4) is 6.07 Å². The second kappa shape index (κ2) is 11.8. The standard InChI is InChI=1S/C24H24ClN3O5S/c1-14-17(25)6-4-7-18(14)28-20(29)13-34-23-16(12-26)22(19-8-5-9-32-19)21(15(2)27-23)24(30)33-11-10-31-3/h4-9,22,27H,10-11,13H2,1-3H3,(H,28,29)/t22-/m1/s1. The summed E-state index contributed by atoms with van der Waals surface area (Å²) in [6, 6.07) is 10.8. The van der Waals surface area contributed by atoms with Gasteiger partial charge in [0.25, 0.3) is 0 Å². The van der Waals surface area contributed by atoms with Crippen molar-refractivity contribution in [2.75, 3.05) is 31.4 Å². The fraction of sp³-hybridized carbons (Fsp3) is 0.292. The number of amides is 1. The first kappa shape index (κ1) is 25.4. The maximum Gasteiger partial charge on any atom is 0.336 e. The van der Waals surface area contributed by atoms with Crippen LogP contribution < -0.4 is 10.6 Å². The molecule has 0 fully saturated rings. The van der Waals surface area contributed by atoms with E-state index in [4.69, 9.17) is 25.5 Å². The van der Waals surface area contributed by atoms with Crippen molar-refractivity contribution in [2.24, 2.45) is 0 Å². The minimum absolute atomic E-state index is 0.0330. The number of rotatable bonds is 9. The number of nitriles is 1. The van der Waals surface area contributed by atoms with Gasteiger partial charge in [0.15, 0.2) is 0 Å². The molecule has 0 spiro atoms. The van der Waals surface area contributed by atoms with E-state index in [9.17, 15) is 14.9 Å². The lowest BCUT2D eigenvalue weighted by Crippen LogP contribution is -2.29. The summed E-state index contributed by atoms with van der Waals surface area (Å²) in [5, 5.41) is 16.9. The van der Waals surface area contributed by atoms with E-state index < -0.39 is 11.9 Å². The first-order valence-electron chi connectivity index (χ1n) is 10.4. The number of nitrogens with one attached hydrogen (secondary N) is 2. The molecule has 10 heteroatoms. The number of benzene rings is 1. The minimum Gasteiger partial charge on any atom is -0.468 e. The van der Waals surface area contributed by atoms with Crippen LogP contribution in [0.3, 0.4) is 0 Å². The Bertz CT molecular complexity index is 1170. The van der Waals surface area contributed by atoms with E-state index in [1.807, 2.05) is 6.92 Å². The summed E-state index contributed by atoms with van der Waals surface area (Å²) in [5.74, 6) is -1.15. The zero-order valence-corrected chi connectivity index (χ0v) is 20.5. The largest absolute Gasteiger partial charge is 0.468 e. The zero-order valence-electron chi connectivity index (χ0n) is 18.9. The van der Waals surface area contributed by atoms with Gasteiger partial charge in [-0.25, -0.2) is 4.79 Å². The Hall–Kier alpha value is -3.19. The van der Waals surface area contributed by atoms with Gasteiger partial charge in [0.1, 0.15) is 12.4 Å². The highest BCUT2D eigenvalue weighted by Gasteiger charge is 2.37. The van der Waals surface area contributed by atoms with Gasteiger partial charge in [0, 0.05) is 23.5 Å². The third-order valence-electron chi connectivity index (χ3n) is 5.11. The van der Waals surface area contributed by atoms with Crippen LogP contribution >= 0.6 is 23.4 Å². The quantitative estimate of drug-likeness (QED) is 0.381. The van der Waals surface area contributed by atoms with Gasteiger partial charge in [-0.05, 0) is 43.7 Å². The fourth-order valence-electron chi connectivity index (χ4n) is 3.40. The van der Waals surface area contributed by atoms with Gasteiger partial charge < -0.3 is 24.5 Å². The number of carbonyl (C=O) groups excluding carboxylic acids is 2. The van der Waals surface area contributed by atoms with E-state index in [-0.39, 0.29) is 36.0 Å². The molecule has 0 saturated heterocycles. The maximum atomic E-state index is 12.9. The van der Waals surface area contributed by atoms with Gasteiger partial charge in [-0.2, -0.15) is 5.26 Å². The average molecular weight is 502 g/mol. The molecule has 0 radical (unpaired) electrons. The molecular formula is C24H24ClN3O5S. The smallest absolute Gasteiger partial charge is 0.336 e. The molecular weight excluding hydrogens is 478 g/mol. The van der Waals surface area contributed by atoms with Crippen molar-refractivity contribution < 1.29 is 23.5 Å². The van der Waals surface area contributed by atoms with E-state index in [1.54, 1.807) is 37.3 Å². The highest BCUT2D eigenvalue weighted by atomic mass is 35.5. The highest BCUT2D eigenvalue weighted by molar-refractivity contribution is 8.03. The molecule has 1 aliphatic heterocycles. The number of allylic oxidation sites excluding steroid dienone is 2. The second-order valence-corrected chi connectivity index (χ2v) is 8.74. The number of ether oxygens (including phenoxy) is 2. The molecule has 1 amide bonds. The topological polar surface area (TPSA) is 114 Å². The van der Waals surface area contributed by atoms with Crippen molar-refractivity contribution in [3.05, 3.63) is 74.8 Å². The normalized spacial score (nSPS) is 15.6. The molecule has 0 aliphatic carbocycles. The highest BCUT2D eigenvalue weighted by Crippen LogP contribution is 2.41. The summed E-state index contributed by atoms with van der Waals surface area (Å²) < 4.78 is 15.8. The summed E-state index contributed by atoms with van der Waals surface area (Å²) in [7, 11) is 1.51. The van der Waals surface area contributed by atoms with Gasteiger partial charge in [-0.3, -0.25) is 4.79 Å². The molecule has 8 nitrogen and oxygen atoms in total. The van der Waals surface area contributed by atoms with Gasteiger partial charge >= 0.3 is 5.97 Å². The Labute approximate surface area is 206 Å². The number of nitrogens with zero attached hydrogens (tertiary/aromatic N) is 1. The summed E-state index contributed by atoms with van der Waals surface area (Å²) >= 11 is 7.29. The van der Waals surface area contributed by atoms with Gasteiger partial charge in [0.2, 0.25) is 5.91 Å². The van der Waals surface area contributed by atoms with Crippen molar-refractivity contribution in [3.63, 3.8) is 0 Å². The van der Waals surface area contributed by atoms with Crippen molar-refractivity contribution in [1.29, 1.82) is 5.26 Å². The lowest BCUT2D eigenvalue weighted by atomic mass is 9.86. The first-order valence-corrected chi connectivity index (χ1v) is 11.7. The predicted octanol–water partition coefficient (Wildman–Crippen LogP) is 4.50. The Morgan fingerprint density at radius 1 is 1.26 bits per heavy atom. The number of hydrogen-bond donors (Lipinski definition) is 2. The van der Waals surface area contributed by atoms with Crippen LogP contribution in [0.25, 0.3) is 0 Å². The molecule has 0 unspecified atom stereocenters. The van der Waals surface area contributed by atoms with Crippen molar-refractivity contribution in [2.45, 2.75) is 19.8 Å². The molecule has 3 rings (SSSR count). The van der Waals surface area contributed by atoms with Crippen molar-refractivity contribution in [1.82, 2.24) is 5.32 Å². The lowest BCUT2D eigenvalue weighted by Gasteiger charge is -2.27. The van der Waals surface area contributed by atoms with Gasteiger partial charge in [-0.1, -0.05) is 29.4 Å². The van der Waals surface area contributed by atoms with Crippen LogP contribution in [0.4, 0.5) is 5.69 Å². The van der Waals surface area contributed by atoms with Gasteiger partial charge in [-0.15, -0.1) is 0 Å². The van der Waals surface area contributed by atoms with Crippen LogP contribution in [-0.4, -0.2) is 38.0 Å². The molecule has 2 heterocycles. The Kier molecular flexibility index (Phi) is 8.82. The molecule has 1 atom stereocenters. The first-order chi connectivity index (χ1) is 16.4. The minimum atomic E-state index is -0.767. The molecule has 34 heavy (non-hydrogen) atoms. The summed E-state index contributed by atoms with van der Waals surface area (Å²) in [6.07, 6.45) is 1.48. The molecule has 1 aromatic carbocycles. The average Bonchev–Trinajstić information content (AvgIpc) is 3.35. The van der Waals surface area contributed by atoms with Crippen LogP contribution in [0.2, 0.25) is 5.02 Å². The summed E-state index contributed by atoms with van der Waals surface area (Å²) in [5.41, 5.74) is 2.43. The zero-order chi connectivity index (χ0) is 24.7. The SMILES string of the molecule is COCCOC(=O)C1=C(C)NC(SCC(=O)Nc2cccc(Cl)c2C)=C(C#N)[C@@H]1c1ccco1. The van der Waals surface area contributed by atoms with Crippen LogP contribution in [0, 0.1) is 18.3 Å². The van der Waals surface area contributed by atoms with E-state index in [2.05, 4.69) is 16.7 Å². The van der Waals surface area contributed by atoms with Crippen LogP contribution in [-0.2, 0) is 19.1 Å². The third-order valence-corrected chi connectivity index (χ3v) is 6.53. The van der Waals surface area contributed by atoms with E-state index in [0.717, 1.165) is 17.3 Å². The second-order valence-electron chi connectivity index (χ2n) is 7.34. The van der Waals surface area contributed by atoms with Crippen molar-refractivity contribution >= 4 is 40.9 Å². The monoisotopic (exact) mass is 501 g/mol. The molecule has 0 bridgehead atoms. The number of dihydropyridines is 1. The van der Waals surface area contributed by atoms with Crippen LogP contribution in [0.1, 0.15) is 24.2 Å². The number of thioether (sulfide) groups is 1. The Balaban J connectivity index is 1.82. The molecule has 0 saturated carbocycles. The third kappa shape index (κ3) is 5.83. The number of esters is 1. The lowest BCUT2D eigenvalue weighted by molar-refractivity contribution is -0.140. The van der Waals surface area contributed by atoms with Gasteiger partial charge in [0.05, 0.1) is 46.8 Å². The summed E-state index contributed by atoms with van der Waals surface area (Å²) in [4.78, 5) is 25.5. The number of anilines is 1. The Morgan fingerprint density at radius 2 is 2.06 bits per heavy atom. The molecule has 1 aliphatic rings. The van der Waals surface area contributed by atoms with Crippen LogP contribution in [0.5, 0.6) is 0 Å². The number of halogens is 1. The molecule has 1 aromatic heterocycles. The van der Waals surface area contributed by atoms with E-state index in [0.29, 0.717) is 27.2 Å². The van der Waals surface area contributed by atoms with E-state index in [1.165, 1.54) is 13.4 Å².